The highest BCUT2D eigenvalue weighted by Gasteiger charge is 2.31. The summed E-state index contributed by atoms with van der Waals surface area (Å²) in [5.41, 5.74) is 3.06. The largest absolute Gasteiger partial charge is 0.497 e. The van der Waals surface area contributed by atoms with E-state index in [0.29, 0.717) is 13.0 Å². The van der Waals surface area contributed by atoms with Crippen LogP contribution in [0.3, 0.4) is 0 Å². The molecule has 0 amide bonds. The molecule has 1 N–H and O–H groups in total. The molecule has 0 saturated carbocycles. The van der Waals surface area contributed by atoms with E-state index in [1.54, 1.807) is 7.11 Å². The predicted molar refractivity (Wildman–Crippen MR) is 116 cm³/mol. The van der Waals surface area contributed by atoms with Gasteiger partial charge in [0.15, 0.2) is 0 Å². The number of hydrogen-bond acceptors (Lipinski definition) is 4. The number of ether oxygens (including phenoxy) is 2. The van der Waals surface area contributed by atoms with Gasteiger partial charge in [-0.05, 0) is 48.7 Å². The van der Waals surface area contributed by atoms with E-state index < -0.39 is 0 Å². The lowest BCUT2D eigenvalue weighted by Gasteiger charge is -2.28. The maximum absolute atomic E-state index is 13.0. The first-order valence-electron chi connectivity index (χ1n) is 9.87. The molecule has 3 aromatic rings. The molecule has 4 nitrogen and oxygen atoms in total. The highest BCUT2D eigenvalue weighted by Crippen LogP contribution is 2.31. The minimum Gasteiger partial charge on any atom is -0.497 e. The zero-order valence-corrected chi connectivity index (χ0v) is 16.9. The summed E-state index contributed by atoms with van der Waals surface area (Å²) >= 11 is 0. The normalized spacial score (nSPS) is 12.6. The number of carbonyl (C=O) groups excluding carboxylic acids is 1. The molecule has 0 aromatic heterocycles. The second-order valence-corrected chi connectivity index (χ2v) is 6.81. The van der Waals surface area contributed by atoms with Crippen LogP contribution in [0.15, 0.2) is 84.9 Å². The summed E-state index contributed by atoms with van der Waals surface area (Å²) in [4.78, 5) is 13.0. The number of esters is 1. The molecule has 150 valence electrons. The molecule has 2 atom stereocenters. The van der Waals surface area contributed by atoms with Gasteiger partial charge in [0.25, 0.3) is 0 Å². The summed E-state index contributed by atoms with van der Waals surface area (Å²) in [5, 5.41) is 3.55. The van der Waals surface area contributed by atoms with Gasteiger partial charge in [0, 0.05) is 5.69 Å². The van der Waals surface area contributed by atoms with Crippen LogP contribution in [-0.2, 0) is 16.0 Å². The van der Waals surface area contributed by atoms with Crippen molar-refractivity contribution in [2.45, 2.75) is 19.4 Å². The van der Waals surface area contributed by atoms with Gasteiger partial charge in [-0.3, -0.25) is 4.79 Å². The molecule has 0 bridgehead atoms. The Bertz CT molecular complexity index is 879. The molecule has 0 aliphatic rings. The van der Waals surface area contributed by atoms with Gasteiger partial charge in [-0.25, -0.2) is 0 Å². The Hall–Kier alpha value is -3.27. The van der Waals surface area contributed by atoms with Gasteiger partial charge in [0.1, 0.15) is 5.75 Å². The number of nitrogens with one attached hydrogen (secondary N) is 1. The minimum atomic E-state index is -0.373. The van der Waals surface area contributed by atoms with Crippen molar-refractivity contribution in [3.05, 3.63) is 96.1 Å². The Morgan fingerprint density at radius 3 is 2.10 bits per heavy atom. The van der Waals surface area contributed by atoms with Crippen molar-refractivity contribution in [3.63, 3.8) is 0 Å². The molecule has 0 heterocycles. The van der Waals surface area contributed by atoms with E-state index in [2.05, 4.69) is 5.32 Å². The fraction of sp³-hybridized carbons (Fsp3) is 0.240. The van der Waals surface area contributed by atoms with Gasteiger partial charge in [-0.15, -0.1) is 0 Å². The van der Waals surface area contributed by atoms with Crippen LogP contribution in [0.1, 0.15) is 24.1 Å². The molecular weight excluding hydrogens is 362 g/mol. The van der Waals surface area contributed by atoms with Crippen LogP contribution < -0.4 is 10.1 Å². The van der Waals surface area contributed by atoms with Gasteiger partial charge in [-0.2, -0.15) is 0 Å². The quantitative estimate of drug-likeness (QED) is 0.507. The third kappa shape index (κ3) is 5.61. The lowest BCUT2D eigenvalue weighted by atomic mass is 9.87. The van der Waals surface area contributed by atoms with Crippen molar-refractivity contribution in [1.82, 2.24) is 0 Å². The number of methoxy groups -OCH3 is 1. The number of rotatable bonds is 9. The van der Waals surface area contributed by atoms with E-state index in [1.165, 1.54) is 0 Å². The lowest BCUT2D eigenvalue weighted by molar-refractivity contribution is -0.148. The molecule has 2 unspecified atom stereocenters. The van der Waals surface area contributed by atoms with E-state index in [1.807, 2.05) is 91.9 Å². The Balaban J connectivity index is 1.95. The highest BCUT2D eigenvalue weighted by atomic mass is 16.5. The van der Waals surface area contributed by atoms with Crippen LogP contribution in [0.2, 0.25) is 0 Å². The average Bonchev–Trinajstić information content (AvgIpc) is 2.78. The molecule has 3 aromatic carbocycles. The average molecular weight is 389 g/mol. The summed E-state index contributed by atoms with van der Waals surface area (Å²) in [6, 6.07) is 27.6. The Labute approximate surface area is 172 Å². The molecule has 29 heavy (non-hydrogen) atoms. The maximum atomic E-state index is 13.0. The first kappa shape index (κ1) is 20.5. The molecule has 0 aliphatic carbocycles. The van der Waals surface area contributed by atoms with Crippen molar-refractivity contribution < 1.29 is 14.3 Å². The van der Waals surface area contributed by atoms with Crippen LogP contribution >= 0.6 is 0 Å². The topological polar surface area (TPSA) is 47.6 Å². The van der Waals surface area contributed by atoms with Gasteiger partial charge < -0.3 is 14.8 Å². The monoisotopic (exact) mass is 389 g/mol. The van der Waals surface area contributed by atoms with Gasteiger partial charge >= 0.3 is 5.97 Å². The Morgan fingerprint density at radius 2 is 1.52 bits per heavy atom. The van der Waals surface area contributed by atoms with E-state index in [0.717, 1.165) is 22.6 Å². The number of anilines is 1. The fourth-order valence-corrected chi connectivity index (χ4v) is 3.40. The SMILES string of the molecule is CCOC(=O)C(Cc1ccccc1)C(Nc1ccc(OC)cc1)c1ccccc1. The van der Waals surface area contributed by atoms with Crippen molar-refractivity contribution in [3.8, 4) is 5.75 Å². The van der Waals surface area contributed by atoms with Crippen molar-refractivity contribution in [1.29, 1.82) is 0 Å². The number of hydrogen-bond donors (Lipinski definition) is 1. The van der Waals surface area contributed by atoms with E-state index in [9.17, 15) is 4.79 Å². The molecule has 3 rings (SSSR count). The van der Waals surface area contributed by atoms with Crippen LogP contribution in [-0.4, -0.2) is 19.7 Å². The third-order valence-corrected chi connectivity index (χ3v) is 4.86. The van der Waals surface area contributed by atoms with E-state index in [4.69, 9.17) is 9.47 Å². The smallest absolute Gasteiger partial charge is 0.311 e. The van der Waals surface area contributed by atoms with Crippen LogP contribution in [0.5, 0.6) is 5.75 Å². The highest BCUT2D eigenvalue weighted by molar-refractivity contribution is 5.75. The van der Waals surface area contributed by atoms with E-state index >= 15 is 0 Å². The molecule has 0 radical (unpaired) electrons. The molecule has 0 aliphatic heterocycles. The van der Waals surface area contributed by atoms with Crippen molar-refractivity contribution in [2.24, 2.45) is 5.92 Å². The summed E-state index contributed by atoms with van der Waals surface area (Å²) in [7, 11) is 1.64. The van der Waals surface area contributed by atoms with Crippen LogP contribution in [0.25, 0.3) is 0 Å². The van der Waals surface area contributed by atoms with Crippen molar-refractivity contribution in [2.75, 3.05) is 19.0 Å². The molecular formula is C25H27NO3. The maximum Gasteiger partial charge on any atom is 0.311 e. The lowest BCUT2D eigenvalue weighted by Crippen LogP contribution is -2.31. The number of benzene rings is 3. The molecule has 0 fully saturated rings. The third-order valence-electron chi connectivity index (χ3n) is 4.86. The van der Waals surface area contributed by atoms with Gasteiger partial charge in [0.05, 0.1) is 25.7 Å². The minimum absolute atomic E-state index is 0.203. The molecule has 0 spiro atoms. The molecule has 0 saturated heterocycles. The Kier molecular flexibility index (Phi) is 7.28. The predicted octanol–water partition coefficient (Wildman–Crippen LogP) is 5.27. The summed E-state index contributed by atoms with van der Waals surface area (Å²) in [6.07, 6.45) is 0.586. The first-order valence-corrected chi connectivity index (χ1v) is 9.87. The second-order valence-electron chi connectivity index (χ2n) is 6.81. The summed E-state index contributed by atoms with van der Waals surface area (Å²) < 4.78 is 10.7. The summed E-state index contributed by atoms with van der Waals surface area (Å²) in [5.74, 6) is 0.214. The van der Waals surface area contributed by atoms with Crippen molar-refractivity contribution >= 4 is 11.7 Å². The number of carbonyl (C=O) groups is 1. The first-order chi connectivity index (χ1) is 14.2. The zero-order valence-electron chi connectivity index (χ0n) is 16.9. The molecule has 4 heteroatoms. The summed E-state index contributed by atoms with van der Waals surface area (Å²) in [6.45, 7) is 2.19. The Morgan fingerprint density at radius 1 is 0.897 bits per heavy atom. The van der Waals surface area contributed by atoms with Crippen LogP contribution in [0.4, 0.5) is 5.69 Å². The standard InChI is InChI=1S/C25H27NO3/c1-3-29-25(27)23(18-19-10-6-4-7-11-19)24(20-12-8-5-9-13-20)26-21-14-16-22(28-2)17-15-21/h4-17,23-24,26H,3,18H2,1-2H3. The van der Waals surface area contributed by atoms with Gasteiger partial charge in [0.2, 0.25) is 0 Å². The fourth-order valence-electron chi connectivity index (χ4n) is 3.40. The van der Waals surface area contributed by atoms with Crippen LogP contribution in [0, 0.1) is 5.92 Å². The second kappa shape index (κ2) is 10.3. The van der Waals surface area contributed by atoms with Gasteiger partial charge in [-0.1, -0.05) is 60.7 Å². The zero-order chi connectivity index (χ0) is 20.5. The van der Waals surface area contributed by atoms with E-state index in [-0.39, 0.29) is 17.9 Å².